The number of carbonyl (C=O) groups excluding carboxylic acids is 1. The fourth-order valence-corrected chi connectivity index (χ4v) is 1.83. The van der Waals surface area contributed by atoms with E-state index in [0.29, 0.717) is 0 Å². The zero-order chi connectivity index (χ0) is 16.0. The molecule has 1 aromatic carbocycles. The van der Waals surface area contributed by atoms with Gasteiger partial charge in [-0.25, -0.2) is 0 Å². The number of ether oxygens (including phenoxy) is 1. The van der Waals surface area contributed by atoms with Gasteiger partial charge in [-0.3, -0.25) is 4.79 Å². The van der Waals surface area contributed by atoms with Gasteiger partial charge in [-0.15, -0.1) is 0 Å². The first-order valence-corrected chi connectivity index (χ1v) is 6.60. The Morgan fingerprint density at radius 1 is 1.24 bits per heavy atom. The summed E-state index contributed by atoms with van der Waals surface area (Å²) in [6, 6.07) is 7.66. The van der Waals surface area contributed by atoms with Crippen molar-refractivity contribution in [2.24, 2.45) is 11.8 Å². The third-order valence-electron chi connectivity index (χ3n) is 3.05. The first kappa shape index (κ1) is 16.9. The number of nitriles is 1. The Hall–Kier alpha value is -2.16. The fraction of sp³-hybridized carbons (Fsp3) is 0.467. The van der Waals surface area contributed by atoms with Gasteiger partial charge in [0.05, 0.1) is 12.1 Å². The number of nitrogens with zero attached hydrogens (tertiary/aromatic N) is 1. The van der Waals surface area contributed by atoms with Crippen molar-refractivity contribution in [2.75, 3.05) is 0 Å². The molecule has 1 N–H and O–H groups in total. The van der Waals surface area contributed by atoms with Crippen molar-refractivity contribution < 1.29 is 18.3 Å². The van der Waals surface area contributed by atoms with Crippen LogP contribution in [-0.2, 0) is 4.79 Å². The number of alkyl halides is 2. The minimum Gasteiger partial charge on any atom is -0.435 e. The van der Waals surface area contributed by atoms with Gasteiger partial charge >= 0.3 is 6.61 Å². The summed E-state index contributed by atoms with van der Waals surface area (Å²) in [5, 5.41) is 11.7. The third-order valence-corrected chi connectivity index (χ3v) is 3.05. The van der Waals surface area contributed by atoms with Gasteiger partial charge < -0.3 is 10.1 Å². The Morgan fingerprint density at radius 3 is 2.24 bits per heavy atom. The smallest absolute Gasteiger partial charge is 0.387 e. The molecule has 0 aliphatic rings. The number of halogens is 2. The van der Waals surface area contributed by atoms with Crippen molar-refractivity contribution in [3.8, 4) is 11.8 Å². The highest BCUT2D eigenvalue weighted by Gasteiger charge is 2.23. The van der Waals surface area contributed by atoms with Crippen LogP contribution in [0, 0.1) is 23.2 Å². The Morgan fingerprint density at radius 2 is 1.81 bits per heavy atom. The minimum absolute atomic E-state index is 0.0596. The molecule has 0 saturated heterocycles. The molecule has 1 rings (SSSR count). The fourth-order valence-electron chi connectivity index (χ4n) is 1.83. The maximum atomic E-state index is 12.0. The van der Waals surface area contributed by atoms with Crippen LogP contribution in [0.3, 0.4) is 0 Å². The number of benzene rings is 1. The molecular weight excluding hydrogens is 278 g/mol. The predicted octanol–water partition coefficient (Wildman–Crippen LogP) is 3.26. The van der Waals surface area contributed by atoms with Crippen molar-refractivity contribution in [3.05, 3.63) is 29.8 Å². The lowest BCUT2D eigenvalue weighted by Crippen LogP contribution is -2.34. The summed E-state index contributed by atoms with van der Waals surface area (Å²) in [4.78, 5) is 12.0. The molecule has 6 heteroatoms. The molecular formula is C15H18F2N2O2. The molecule has 0 aromatic heterocycles. The average molecular weight is 296 g/mol. The van der Waals surface area contributed by atoms with Crippen molar-refractivity contribution in [1.29, 1.82) is 5.26 Å². The first-order valence-electron chi connectivity index (χ1n) is 6.60. The normalized spacial score (nSPS) is 13.6. The Bertz CT molecular complexity index is 509. The zero-order valence-electron chi connectivity index (χ0n) is 12.1. The highest BCUT2D eigenvalue weighted by atomic mass is 19.3. The van der Waals surface area contributed by atoms with E-state index in [9.17, 15) is 13.6 Å². The second-order valence-electron chi connectivity index (χ2n) is 5.03. The van der Waals surface area contributed by atoms with Gasteiger partial charge in [-0.1, -0.05) is 26.0 Å². The molecule has 0 bridgehead atoms. The largest absolute Gasteiger partial charge is 0.435 e. The second-order valence-corrected chi connectivity index (χ2v) is 5.03. The van der Waals surface area contributed by atoms with Crippen LogP contribution in [0.25, 0.3) is 0 Å². The number of hydrogen-bond donors (Lipinski definition) is 1. The van der Waals surface area contributed by atoms with Gasteiger partial charge in [0.15, 0.2) is 0 Å². The molecule has 0 aliphatic heterocycles. The van der Waals surface area contributed by atoms with Crippen LogP contribution in [0.5, 0.6) is 5.75 Å². The molecule has 4 nitrogen and oxygen atoms in total. The second kappa shape index (κ2) is 7.58. The van der Waals surface area contributed by atoms with Gasteiger partial charge in [0.25, 0.3) is 0 Å². The van der Waals surface area contributed by atoms with Gasteiger partial charge in [-0.05, 0) is 30.5 Å². The Balaban J connectivity index is 2.69. The van der Waals surface area contributed by atoms with E-state index in [-0.39, 0.29) is 23.6 Å². The molecule has 0 fully saturated rings. The van der Waals surface area contributed by atoms with Crippen LogP contribution < -0.4 is 10.1 Å². The Labute approximate surface area is 122 Å². The number of carbonyl (C=O) groups is 1. The van der Waals surface area contributed by atoms with E-state index >= 15 is 0 Å². The first-order chi connectivity index (χ1) is 9.85. The van der Waals surface area contributed by atoms with Gasteiger partial charge in [0.2, 0.25) is 5.91 Å². The van der Waals surface area contributed by atoms with E-state index in [1.165, 1.54) is 12.1 Å². The molecule has 0 aliphatic carbocycles. The summed E-state index contributed by atoms with van der Waals surface area (Å²) >= 11 is 0. The van der Waals surface area contributed by atoms with Crippen LogP contribution in [0.2, 0.25) is 0 Å². The average Bonchev–Trinajstić information content (AvgIpc) is 2.38. The molecule has 114 valence electrons. The standard InChI is InChI=1S/C15H18F2N2O2/c1-9(2)13(8-18)14(20)19-10(3)11-4-6-12(7-5-11)21-15(16)17/h4-7,9-10,13,15H,1-3H3,(H,19,20). The van der Waals surface area contributed by atoms with E-state index in [2.05, 4.69) is 10.1 Å². The monoisotopic (exact) mass is 296 g/mol. The van der Waals surface area contributed by atoms with Crippen molar-refractivity contribution in [3.63, 3.8) is 0 Å². The molecule has 0 heterocycles. The molecule has 0 spiro atoms. The lowest BCUT2D eigenvalue weighted by atomic mass is 9.96. The predicted molar refractivity (Wildman–Crippen MR) is 73.6 cm³/mol. The molecule has 2 atom stereocenters. The maximum Gasteiger partial charge on any atom is 0.387 e. The quantitative estimate of drug-likeness (QED) is 0.876. The van der Waals surface area contributed by atoms with E-state index in [4.69, 9.17) is 5.26 Å². The molecule has 0 saturated carbocycles. The van der Waals surface area contributed by atoms with E-state index in [1.807, 2.05) is 6.07 Å². The number of amides is 1. The number of nitrogens with one attached hydrogen (secondary N) is 1. The zero-order valence-corrected chi connectivity index (χ0v) is 12.1. The molecule has 1 aromatic rings. The third kappa shape index (κ3) is 5.03. The van der Waals surface area contributed by atoms with Crippen LogP contribution in [0.1, 0.15) is 32.4 Å². The van der Waals surface area contributed by atoms with E-state index in [1.54, 1.807) is 32.9 Å². The summed E-state index contributed by atoms with van der Waals surface area (Å²) in [6.07, 6.45) is 0. The Kier molecular flexibility index (Phi) is 6.10. The molecule has 0 radical (unpaired) electrons. The van der Waals surface area contributed by atoms with Crippen LogP contribution in [-0.4, -0.2) is 12.5 Å². The summed E-state index contributed by atoms with van der Waals surface area (Å²) in [6.45, 7) is 2.49. The summed E-state index contributed by atoms with van der Waals surface area (Å²) in [5.41, 5.74) is 0.741. The highest BCUT2D eigenvalue weighted by molar-refractivity contribution is 5.81. The minimum atomic E-state index is -2.87. The molecule has 1 amide bonds. The summed E-state index contributed by atoms with van der Waals surface area (Å²) in [7, 11) is 0. The van der Waals surface area contributed by atoms with E-state index < -0.39 is 12.5 Å². The van der Waals surface area contributed by atoms with Crippen LogP contribution in [0.15, 0.2) is 24.3 Å². The van der Waals surface area contributed by atoms with Crippen molar-refractivity contribution in [1.82, 2.24) is 5.32 Å². The maximum absolute atomic E-state index is 12.0. The number of hydrogen-bond acceptors (Lipinski definition) is 3. The van der Waals surface area contributed by atoms with Crippen molar-refractivity contribution in [2.45, 2.75) is 33.4 Å². The van der Waals surface area contributed by atoms with Crippen LogP contribution >= 0.6 is 0 Å². The molecule has 2 unspecified atom stereocenters. The lowest BCUT2D eigenvalue weighted by Gasteiger charge is -2.18. The van der Waals surface area contributed by atoms with E-state index in [0.717, 1.165) is 5.56 Å². The highest BCUT2D eigenvalue weighted by Crippen LogP contribution is 2.20. The number of rotatable bonds is 6. The van der Waals surface area contributed by atoms with Gasteiger partial charge in [0.1, 0.15) is 11.7 Å². The van der Waals surface area contributed by atoms with Gasteiger partial charge in [-0.2, -0.15) is 14.0 Å². The van der Waals surface area contributed by atoms with Crippen LogP contribution in [0.4, 0.5) is 8.78 Å². The lowest BCUT2D eigenvalue weighted by molar-refractivity contribution is -0.125. The SMILES string of the molecule is CC(NC(=O)C(C#N)C(C)C)c1ccc(OC(F)F)cc1. The summed E-state index contributed by atoms with van der Waals surface area (Å²) in [5.74, 6) is -1.07. The van der Waals surface area contributed by atoms with Crippen molar-refractivity contribution >= 4 is 5.91 Å². The molecule has 21 heavy (non-hydrogen) atoms. The topological polar surface area (TPSA) is 62.1 Å². The van der Waals surface area contributed by atoms with Gasteiger partial charge in [0, 0.05) is 0 Å². The summed E-state index contributed by atoms with van der Waals surface area (Å²) < 4.78 is 28.3.